The van der Waals surface area contributed by atoms with Crippen LogP contribution in [0, 0.1) is 18.3 Å². The molecule has 92 valence electrons. The van der Waals surface area contributed by atoms with E-state index in [1.807, 2.05) is 0 Å². The van der Waals surface area contributed by atoms with E-state index in [-0.39, 0.29) is 11.6 Å². The highest BCUT2D eigenvalue weighted by Gasteiger charge is 2.41. The van der Waals surface area contributed by atoms with E-state index in [0.29, 0.717) is 5.92 Å². The van der Waals surface area contributed by atoms with Gasteiger partial charge in [0.2, 0.25) is 0 Å². The van der Waals surface area contributed by atoms with Gasteiger partial charge in [-0.3, -0.25) is 11.3 Å². The Morgan fingerprint density at radius 3 is 2.94 bits per heavy atom. The van der Waals surface area contributed by atoms with Crippen molar-refractivity contribution in [3.05, 3.63) is 0 Å². The lowest BCUT2D eigenvalue weighted by Gasteiger charge is -2.44. The second kappa shape index (κ2) is 6.24. The average Bonchev–Trinajstić information content (AvgIpc) is 2.30. The van der Waals surface area contributed by atoms with Gasteiger partial charge in [-0.15, -0.1) is 12.3 Å². The lowest BCUT2D eigenvalue weighted by Crippen LogP contribution is -2.56. The van der Waals surface area contributed by atoms with Crippen molar-refractivity contribution in [2.75, 3.05) is 7.11 Å². The third-order valence-electron chi connectivity index (χ3n) is 3.81. The molecule has 0 bridgehead atoms. The minimum absolute atomic E-state index is 0.122. The first kappa shape index (κ1) is 13.5. The van der Waals surface area contributed by atoms with Gasteiger partial charge in [-0.1, -0.05) is 19.8 Å². The first-order valence-electron chi connectivity index (χ1n) is 6.13. The first-order chi connectivity index (χ1) is 7.68. The summed E-state index contributed by atoms with van der Waals surface area (Å²) in [6, 6.07) is 0.163. The number of hydrogen-bond donors (Lipinski definition) is 2. The number of nitrogens with two attached hydrogens (primary N) is 1. The predicted octanol–water partition coefficient (Wildman–Crippen LogP) is 1.83. The molecular weight excluding hydrogens is 200 g/mol. The van der Waals surface area contributed by atoms with E-state index < -0.39 is 0 Å². The number of terminal acetylenes is 1. The molecule has 3 atom stereocenters. The number of rotatable bonds is 5. The molecule has 0 heterocycles. The molecular formula is C13H24N2O. The summed E-state index contributed by atoms with van der Waals surface area (Å²) in [4.78, 5) is 0. The maximum Gasteiger partial charge on any atom is 0.0847 e. The molecule has 3 N–H and O–H groups in total. The molecule has 1 aliphatic rings. The Hall–Kier alpha value is -0.560. The highest BCUT2D eigenvalue weighted by atomic mass is 16.5. The van der Waals surface area contributed by atoms with Crippen LogP contribution in [0.5, 0.6) is 0 Å². The van der Waals surface area contributed by atoms with Crippen LogP contribution in [-0.4, -0.2) is 18.8 Å². The maximum atomic E-state index is 5.79. The zero-order valence-electron chi connectivity index (χ0n) is 10.5. The molecule has 0 saturated heterocycles. The molecule has 16 heavy (non-hydrogen) atoms. The average molecular weight is 224 g/mol. The summed E-state index contributed by atoms with van der Waals surface area (Å²) in [7, 11) is 1.79. The van der Waals surface area contributed by atoms with Crippen LogP contribution in [0.4, 0.5) is 0 Å². The Labute approximate surface area is 99.1 Å². The van der Waals surface area contributed by atoms with Crippen LogP contribution in [0.1, 0.15) is 45.4 Å². The van der Waals surface area contributed by atoms with Crippen LogP contribution in [0.3, 0.4) is 0 Å². The van der Waals surface area contributed by atoms with Gasteiger partial charge in [0.25, 0.3) is 0 Å². The second-order valence-electron chi connectivity index (χ2n) is 4.93. The Balaban J connectivity index is 2.71. The molecule has 1 fully saturated rings. The Morgan fingerprint density at radius 2 is 2.44 bits per heavy atom. The van der Waals surface area contributed by atoms with E-state index in [1.165, 1.54) is 12.8 Å². The van der Waals surface area contributed by atoms with Crippen LogP contribution in [0.15, 0.2) is 0 Å². The van der Waals surface area contributed by atoms with Crippen molar-refractivity contribution in [2.45, 2.75) is 57.1 Å². The van der Waals surface area contributed by atoms with Gasteiger partial charge in [0.15, 0.2) is 0 Å². The molecule has 0 aromatic carbocycles. The molecule has 0 spiro atoms. The summed E-state index contributed by atoms with van der Waals surface area (Å²) in [5.74, 6) is 9.03. The molecule has 0 aromatic rings. The van der Waals surface area contributed by atoms with E-state index in [9.17, 15) is 0 Å². The van der Waals surface area contributed by atoms with Crippen molar-refractivity contribution in [3.8, 4) is 12.3 Å². The van der Waals surface area contributed by atoms with Crippen LogP contribution < -0.4 is 11.3 Å². The summed E-state index contributed by atoms with van der Waals surface area (Å²) in [5, 5.41) is 0. The summed E-state index contributed by atoms with van der Waals surface area (Å²) < 4.78 is 5.79. The van der Waals surface area contributed by atoms with Gasteiger partial charge < -0.3 is 4.74 Å². The van der Waals surface area contributed by atoms with Crippen molar-refractivity contribution in [2.24, 2.45) is 11.8 Å². The monoisotopic (exact) mass is 224 g/mol. The number of hydrogen-bond acceptors (Lipinski definition) is 3. The largest absolute Gasteiger partial charge is 0.377 e. The van der Waals surface area contributed by atoms with Crippen LogP contribution in [0.2, 0.25) is 0 Å². The lowest BCUT2D eigenvalue weighted by molar-refractivity contribution is -0.0806. The van der Waals surface area contributed by atoms with Gasteiger partial charge >= 0.3 is 0 Å². The smallest absolute Gasteiger partial charge is 0.0847 e. The fourth-order valence-corrected chi connectivity index (χ4v) is 2.91. The number of hydrazine groups is 1. The van der Waals surface area contributed by atoms with E-state index >= 15 is 0 Å². The van der Waals surface area contributed by atoms with E-state index in [2.05, 4.69) is 18.3 Å². The first-order valence-corrected chi connectivity index (χ1v) is 6.13. The minimum atomic E-state index is -0.122. The fraction of sp³-hybridized carbons (Fsp3) is 0.846. The van der Waals surface area contributed by atoms with Gasteiger partial charge in [0.05, 0.1) is 11.6 Å². The molecule has 3 unspecified atom stereocenters. The summed E-state index contributed by atoms with van der Waals surface area (Å²) in [6.07, 6.45) is 11.6. The summed E-state index contributed by atoms with van der Waals surface area (Å²) in [5.41, 5.74) is 2.78. The number of methoxy groups -OCH3 is 1. The number of nitrogens with one attached hydrogen (secondary N) is 1. The molecule has 1 aliphatic carbocycles. The van der Waals surface area contributed by atoms with Gasteiger partial charge in [-0.2, -0.15) is 0 Å². The normalized spacial score (nSPS) is 32.0. The van der Waals surface area contributed by atoms with Gasteiger partial charge in [0, 0.05) is 13.5 Å². The molecule has 0 aromatic heterocycles. The Kier molecular flexibility index (Phi) is 5.27. The third kappa shape index (κ3) is 2.98. The SMILES string of the molecule is C#CCCC(NN)C1(OC)CCCC(C)C1. The predicted molar refractivity (Wildman–Crippen MR) is 66.6 cm³/mol. The molecule has 1 rings (SSSR count). The molecule has 1 saturated carbocycles. The molecule has 0 radical (unpaired) electrons. The molecule has 0 amide bonds. The van der Waals surface area contributed by atoms with Crippen molar-refractivity contribution in [1.82, 2.24) is 5.43 Å². The zero-order chi connectivity index (χ0) is 12.0. The van der Waals surface area contributed by atoms with Crippen molar-refractivity contribution >= 4 is 0 Å². The third-order valence-corrected chi connectivity index (χ3v) is 3.81. The standard InChI is InChI=1S/C13H24N2O/c1-4-5-8-12(15-14)13(16-3)9-6-7-11(2)10-13/h1,11-12,15H,5-10,14H2,2-3H3. The van der Waals surface area contributed by atoms with Gasteiger partial charge in [-0.25, -0.2) is 0 Å². The quantitative estimate of drug-likeness (QED) is 0.425. The highest BCUT2D eigenvalue weighted by Crippen LogP contribution is 2.38. The van der Waals surface area contributed by atoms with E-state index in [1.54, 1.807) is 7.11 Å². The molecule has 3 heteroatoms. The van der Waals surface area contributed by atoms with Crippen LogP contribution >= 0.6 is 0 Å². The molecule has 0 aliphatic heterocycles. The maximum absolute atomic E-state index is 5.79. The van der Waals surface area contributed by atoms with Crippen LogP contribution in [0.25, 0.3) is 0 Å². The lowest BCUT2D eigenvalue weighted by atomic mass is 9.73. The highest BCUT2D eigenvalue weighted by molar-refractivity contribution is 4.98. The van der Waals surface area contributed by atoms with Crippen molar-refractivity contribution in [3.63, 3.8) is 0 Å². The number of ether oxygens (including phenoxy) is 1. The van der Waals surface area contributed by atoms with Crippen molar-refractivity contribution in [1.29, 1.82) is 0 Å². The van der Waals surface area contributed by atoms with Crippen molar-refractivity contribution < 1.29 is 4.74 Å². The van der Waals surface area contributed by atoms with E-state index in [4.69, 9.17) is 17.0 Å². The molecule has 3 nitrogen and oxygen atoms in total. The Morgan fingerprint density at radius 1 is 1.69 bits per heavy atom. The minimum Gasteiger partial charge on any atom is -0.377 e. The van der Waals surface area contributed by atoms with Gasteiger partial charge in [-0.05, 0) is 25.2 Å². The van der Waals surface area contributed by atoms with E-state index in [0.717, 1.165) is 25.7 Å². The topological polar surface area (TPSA) is 47.3 Å². The zero-order valence-corrected chi connectivity index (χ0v) is 10.5. The Bertz CT molecular complexity index is 249. The summed E-state index contributed by atoms with van der Waals surface area (Å²) >= 11 is 0. The van der Waals surface area contributed by atoms with Gasteiger partial charge in [0.1, 0.15) is 0 Å². The summed E-state index contributed by atoms with van der Waals surface area (Å²) in [6.45, 7) is 2.28. The second-order valence-corrected chi connectivity index (χ2v) is 4.93. The van der Waals surface area contributed by atoms with Crippen LogP contribution in [-0.2, 0) is 4.74 Å². The fourth-order valence-electron chi connectivity index (χ4n) is 2.91.